The lowest BCUT2D eigenvalue weighted by Gasteiger charge is -2.34. The summed E-state index contributed by atoms with van der Waals surface area (Å²) in [5.74, 6) is -0.0700. The number of benzene rings is 1. The third kappa shape index (κ3) is 3.95. The average molecular weight is 355 g/mol. The second-order valence-corrected chi connectivity index (χ2v) is 5.89. The minimum atomic E-state index is -0.0617. The van der Waals surface area contributed by atoms with Crippen LogP contribution >= 0.6 is 15.9 Å². The number of anilines is 1. The van der Waals surface area contributed by atoms with E-state index in [9.17, 15) is 9.59 Å². The highest BCUT2D eigenvalue weighted by Gasteiger charge is 2.24. The van der Waals surface area contributed by atoms with Crippen molar-refractivity contribution in [2.45, 2.75) is 0 Å². The van der Waals surface area contributed by atoms with Crippen LogP contribution in [0.5, 0.6) is 0 Å². The van der Waals surface area contributed by atoms with Crippen molar-refractivity contribution in [3.05, 3.63) is 28.2 Å². The molecule has 6 nitrogen and oxygen atoms in total. The number of rotatable bonds is 3. The van der Waals surface area contributed by atoms with Crippen LogP contribution in [0.4, 0.5) is 5.69 Å². The normalized spacial score (nSPS) is 15.8. The van der Waals surface area contributed by atoms with Crippen molar-refractivity contribution in [3.8, 4) is 0 Å². The molecule has 1 aromatic carbocycles. The van der Waals surface area contributed by atoms with E-state index in [4.69, 9.17) is 5.73 Å². The van der Waals surface area contributed by atoms with Gasteiger partial charge in [0.05, 0.1) is 12.1 Å². The Morgan fingerprint density at radius 3 is 2.57 bits per heavy atom. The fourth-order valence-corrected chi connectivity index (χ4v) is 2.64. The standard InChI is InChI=1S/C14H19BrN4O2/c1-17-13(20)9-18-4-6-19(7-5-18)14(21)11-8-10(15)2-3-12(11)16/h2-3,8H,4-7,9,16H2,1H3,(H,17,20). The Morgan fingerprint density at radius 2 is 1.95 bits per heavy atom. The summed E-state index contributed by atoms with van der Waals surface area (Å²) >= 11 is 3.35. The Bertz CT molecular complexity index is 542. The summed E-state index contributed by atoms with van der Waals surface area (Å²) < 4.78 is 0.832. The molecule has 1 aromatic rings. The maximum atomic E-state index is 12.5. The van der Waals surface area contributed by atoms with E-state index in [1.54, 1.807) is 24.1 Å². The first-order chi connectivity index (χ1) is 10.0. The second kappa shape index (κ2) is 6.91. The third-order valence-corrected chi connectivity index (χ3v) is 4.04. The number of likely N-dealkylation sites (N-methyl/N-ethyl adjacent to an activating group) is 1. The van der Waals surface area contributed by atoms with Crippen LogP contribution in [-0.4, -0.2) is 61.4 Å². The molecular formula is C14H19BrN4O2. The fraction of sp³-hybridized carbons (Fsp3) is 0.429. The molecule has 0 aliphatic carbocycles. The monoisotopic (exact) mass is 354 g/mol. The van der Waals surface area contributed by atoms with Crippen molar-refractivity contribution in [3.63, 3.8) is 0 Å². The van der Waals surface area contributed by atoms with E-state index >= 15 is 0 Å². The molecule has 7 heteroatoms. The molecule has 0 bridgehead atoms. The Kier molecular flexibility index (Phi) is 5.19. The summed E-state index contributed by atoms with van der Waals surface area (Å²) in [6, 6.07) is 5.28. The Balaban J connectivity index is 1.97. The van der Waals surface area contributed by atoms with E-state index in [1.807, 2.05) is 11.0 Å². The smallest absolute Gasteiger partial charge is 0.256 e. The number of nitrogens with zero attached hydrogens (tertiary/aromatic N) is 2. The zero-order chi connectivity index (χ0) is 15.4. The third-order valence-electron chi connectivity index (χ3n) is 3.55. The highest BCUT2D eigenvalue weighted by atomic mass is 79.9. The molecule has 2 rings (SSSR count). The lowest BCUT2D eigenvalue weighted by molar-refractivity contribution is -0.122. The summed E-state index contributed by atoms with van der Waals surface area (Å²) in [5, 5.41) is 2.60. The maximum Gasteiger partial charge on any atom is 0.256 e. The van der Waals surface area contributed by atoms with Gasteiger partial charge in [-0.15, -0.1) is 0 Å². The predicted molar refractivity (Wildman–Crippen MR) is 85.0 cm³/mol. The molecule has 21 heavy (non-hydrogen) atoms. The molecule has 0 spiro atoms. The molecule has 1 heterocycles. The number of piperazine rings is 1. The first-order valence-electron chi connectivity index (χ1n) is 6.78. The molecule has 1 aliphatic rings. The van der Waals surface area contributed by atoms with Crippen molar-refractivity contribution in [1.82, 2.24) is 15.1 Å². The first-order valence-corrected chi connectivity index (χ1v) is 7.58. The molecule has 3 N–H and O–H groups in total. The van der Waals surface area contributed by atoms with Crippen LogP contribution in [0.2, 0.25) is 0 Å². The number of nitrogens with one attached hydrogen (secondary N) is 1. The van der Waals surface area contributed by atoms with Crippen molar-refractivity contribution < 1.29 is 9.59 Å². The molecule has 0 atom stereocenters. The number of carbonyl (C=O) groups is 2. The lowest BCUT2D eigenvalue weighted by atomic mass is 10.1. The second-order valence-electron chi connectivity index (χ2n) is 4.97. The zero-order valence-corrected chi connectivity index (χ0v) is 13.5. The SMILES string of the molecule is CNC(=O)CN1CCN(C(=O)c2cc(Br)ccc2N)CC1. The van der Waals surface area contributed by atoms with Gasteiger partial charge in [0.1, 0.15) is 0 Å². The average Bonchev–Trinajstić information content (AvgIpc) is 2.49. The van der Waals surface area contributed by atoms with E-state index in [0.29, 0.717) is 44.0 Å². The van der Waals surface area contributed by atoms with Crippen molar-refractivity contribution in [2.75, 3.05) is 45.5 Å². The fourth-order valence-electron chi connectivity index (χ4n) is 2.28. The largest absolute Gasteiger partial charge is 0.398 e. The molecule has 0 saturated carbocycles. The van der Waals surface area contributed by atoms with E-state index in [0.717, 1.165) is 4.47 Å². The number of nitrogens with two attached hydrogens (primary N) is 1. The Hall–Kier alpha value is -1.60. The lowest BCUT2D eigenvalue weighted by Crippen LogP contribution is -2.51. The number of hydrogen-bond donors (Lipinski definition) is 2. The van der Waals surface area contributed by atoms with Gasteiger partial charge in [0.25, 0.3) is 5.91 Å². The number of carbonyl (C=O) groups excluding carboxylic acids is 2. The summed E-state index contributed by atoms with van der Waals surface area (Å²) in [5.41, 5.74) is 6.88. The minimum absolute atomic E-state index is 0.00832. The molecule has 0 unspecified atom stereocenters. The highest BCUT2D eigenvalue weighted by molar-refractivity contribution is 9.10. The number of halogens is 1. The zero-order valence-electron chi connectivity index (χ0n) is 11.9. The van der Waals surface area contributed by atoms with Gasteiger partial charge in [0.15, 0.2) is 0 Å². The quantitative estimate of drug-likeness (QED) is 0.776. The number of nitrogen functional groups attached to an aromatic ring is 1. The predicted octanol–water partition coefficient (Wildman–Crippen LogP) is 0.535. The summed E-state index contributed by atoms with van der Waals surface area (Å²) in [6.45, 7) is 2.95. The molecule has 0 radical (unpaired) electrons. The Labute approximate surface area is 132 Å². The van der Waals surface area contributed by atoms with Gasteiger partial charge in [0, 0.05) is 43.4 Å². The van der Waals surface area contributed by atoms with Crippen LogP contribution in [0, 0.1) is 0 Å². The van der Waals surface area contributed by atoms with Crippen LogP contribution in [0.1, 0.15) is 10.4 Å². The first kappa shape index (κ1) is 15.8. The molecule has 2 amide bonds. The topological polar surface area (TPSA) is 78.7 Å². The van der Waals surface area contributed by atoms with E-state index in [2.05, 4.69) is 21.2 Å². The van der Waals surface area contributed by atoms with Crippen LogP contribution in [0.3, 0.4) is 0 Å². The van der Waals surface area contributed by atoms with Gasteiger partial charge in [-0.05, 0) is 18.2 Å². The van der Waals surface area contributed by atoms with Crippen LogP contribution in [0.15, 0.2) is 22.7 Å². The van der Waals surface area contributed by atoms with Crippen LogP contribution in [-0.2, 0) is 4.79 Å². The van der Waals surface area contributed by atoms with E-state index in [-0.39, 0.29) is 11.8 Å². The summed E-state index contributed by atoms with van der Waals surface area (Å²) in [6.07, 6.45) is 0. The Morgan fingerprint density at radius 1 is 1.29 bits per heavy atom. The van der Waals surface area contributed by atoms with Crippen molar-refractivity contribution in [1.29, 1.82) is 0 Å². The van der Waals surface area contributed by atoms with E-state index < -0.39 is 0 Å². The van der Waals surface area contributed by atoms with Crippen LogP contribution in [0.25, 0.3) is 0 Å². The molecule has 0 aromatic heterocycles. The number of amides is 2. The van der Waals surface area contributed by atoms with Gasteiger partial charge >= 0.3 is 0 Å². The van der Waals surface area contributed by atoms with E-state index in [1.165, 1.54) is 0 Å². The molecule has 114 valence electrons. The molecule has 1 saturated heterocycles. The minimum Gasteiger partial charge on any atom is -0.398 e. The highest BCUT2D eigenvalue weighted by Crippen LogP contribution is 2.20. The molecular weight excluding hydrogens is 336 g/mol. The van der Waals surface area contributed by atoms with Crippen molar-refractivity contribution in [2.24, 2.45) is 0 Å². The maximum absolute atomic E-state index is 12.5. The molecule has 1 aliphatic heterocycles. The van der Waals surface area contributed by atoms with Gasteiger partial charge < -0.3 is 16.0 Å². The van der Waals surface area contributed by atoms with Gasteiger partial charge in [-0.3, -0.25) is 14.5 Å². The van der Waals surface area contributed by atoms with Gasteiger partial charge in [0.2, 0.25) is 5.91 Å². The number of hydrogen-bond acceptors (Lipinski definition) is 4. The van der Waals surface area contributed by atoms with Crippen LogP contribution < -0.4 is 11.1 Å². The van der Waals surface area contributed by atoms with Gasteiger partial charge in [-0.25, -0.2) is 0 Å². The summed E-state index contributed by atoms with van der Waals surface area (Å²) in [7, 11) is 1.62. The summed E-state index contributed by atoms with van der Waals surface area (Å²) in [4.78, 5) is 27.6. The van der Waals surface area contributed by atoms with Gasteiger partial charge in [-0.1, -0.05) is 15.9 Å². The van der Waals surface area contributed by atoms with Gasteiger partial charge in [-0.2, -0.15) is 0 Å². The molecule has 1 fully saturated rings. The van der Waals surface area contributed by atoms with Crippen molar-refractivity contribution >= 4 is 33.4 Å².